The molecule has 8 heteroatoms. The van der Waals surface area contributed by atoms with E-state index in [9.17, 15) is 4.79 Å². The van der Waals surface area contributed by atoms with Gasteiger partial charge in [-0.05, 0) is 97.9 Å². The maximum absolute atomic E-state index is 12.3. The SMILES string of the molecule is Cc1cc(-n2cccc2[C@H]2[C@H](c3ccccn3)NC(=S)N2c2ccc(NC(=O)C(C)C)c(C)c2)ccc1Cl. The van der Waals surface area contributed by atoms with E-state index >= 15 is 0 Å². The molecule has 6 nitrogen and oxygen atoms in total. The molecule has 0 saturated carbocycles. The molecule has 38 heavy (non-hydrogen) atoms. The van der Waals surface area contributed by atoms with Gasteiger partial charge in [-0.25, -0.2) is 0 Å². The van der Waals surface area contributed by atoms with Crippen molar-refractivity contribution in [3.8, 4) is 5.69 Å². The van der Waals surface area contributed by atoms with Gasteiger partial charge in [0.15, 0.2) is 5.11 Å². The van der Waals surface area contributed by atoms with Gasteiger partial charge in [0.2, 0.25) is 5.91 Å². The molecule has 4 aromatic rings. The second kappa shape index (κ2) is 10.6. The third-order valence-electron chi connectivity index (χ3n) is 6.87. The molecule has 2 aromatic heterocycles. The maximum atomic E-state index is 12.3. The number of hydrogen-bond acceptors (Lipinski definition) is 3. The summed E-state index contributed by atoms with van der Waals surface area (Å²) < 4.78 is 2.18. The molecule has 0 bridgehead atoms. The Kier molecular flexibility index (Phi) is 7.23. The third-order valence-corrected chi connectivity index (χ3v) is 7.61. The Bertz CT molecular complexity index is 1500. The minimum Gasteiger partial charge on any atom is -0.351 e. The molecule has 1 saturated heterocycles. The van der Waals surface area contributed by atoms with Gasteiger partial charge in [-0.1, -0.05) is 31.5 Å². The van der Waals surface area contributed by atoms with Crippen LogP contribution < -0.4 is 15.5 Å². The van der Waals surface area contributed by atoms with Gasteiger partial charge in [-0.15, -0.1) is 0 Å². The van der Waals surface area contributed by atoms with Crippen molar-refractivity contribution in [2.75, 3.05) is 10.2 Å². The van der Waals surface area contributed by atoms with Gasteiger partial charge >= 0.3 is 0 Å². The van der Waals surface area contributed by atoms with Gasteiger partial charge in [0.25, 0.3) is 0 Å². The second-order valence-electron chi connectivity index (χ2n) is 9.88. The molecule has 1 aliphatic heterocycles. The zero-order valence-electron chi connectivity index (χ0n) is 21.8. The molecule has 0 aliphatic carbocycles. The maximum Gasteiger partial charge on any atom is 0.226 e. The van der Waals surface area contributed by atoms with Crippen molar-refractivity contribution in [1.29, 1.82) is 0 Å². The molecule has 3 heterocycles. The average molecular weight is 544 g/mol. The Balaban J connectivity index is 1.61. The lowest BCUT2D eigenvalue weighted by molar-refractivity contribution is -0.118. The zero-order valence-corrected chi connectivity index (χ0v) is 23.3. The molecule has 2 aromatic carbocycles. The highest BCUT2D eigenvalue weighted by Crippen LogP contribution is 2.43. The number of aromatic nitrogens is 2. The summed E-state index contributed by atoms with van der Waals surface area (Å²) in [6.07, 6.45) is 3.86. The van der Waals surface area contributed by atoms with Crippen LogP contribution in [0, 0.1) is 19.8 Å². The molecule has 0 spiro atoms. The van der Waals surface area contributed by atoms with Crippen molar-refractivity contribution in [2.24, 2.45) is 5.92 Å². The topological polar surface area (TPSA) is 62.2 Å². The first kappa shape index (κ1) is 25.9. The fourth-order valence-corrected chi connectivity index (χ4v) is 5.26. The Morgan fingerprint density at radius 3 is 2.47 bits per heavy atom. The van der Waals surface area contributed by atoms with Gasteiger partial charge < -0.3 is 20.1 Å². The minimum absolute atomic E-state index is 0.0108. The number of nitrogens with zero attached hydrogens (tertiary/aromatic N) is 3. The van der Waals surface area contributed by atoms with Crippen LogP contribution in [0.1, 0.15) is 48.4 Å². The highest BCUT2D eigenvalue weighted by atomic mass is 35.5. The summed E-state index contributed by atoms with van der Waals surface area (Å²) in [7, 11) is 0. The molecule has 2 N–H and O–H groups in total. The van der Waals surface area contributed by atoms with E-state index in [4.69, 9.17) is 23.8 Å². The lowest BCUT2D eigenvalue weighted by Crippen LogP contribution is -2.30. The van der Waals surface area contributed by atoms with Crippen molar-refractivity contribution < 1.29 is 4.79 Å². The van der Waals surface area contributed by atoms with E-state index in [2.05, 4.69) is 49.5 Å². The van der Waals surface area contributed by atoms with Crippen LogP contribution in [0.3, 0.4) is 0 Å². The van der Waals surface area contributed by atoms with E-state index in [1.165, 1.54) is 0 Å². The number of rotatable bonds is 6. The first-order valence-corrected chi connectivity index (χ1v) is 13.4. The number of anilines is 2. The zero-order chi connectivity index (χ0) is 27.0. The number of nitrogens with one attached hydrogen (secondary N) is 2. The fraction of sp³-hybridized carbons (Fsp3) is 0.233. The monoisotopic (exact) mass is 543 g/mol. The Hall–Kier alpha value is -3.68. The number of amides is 1. The lowest BCUT2D eigenvalue weighted by atomic mass is 10.00. The van der Waals surface area contributed by atoms with Crippen LogP contribution in [0.25, 0.3) is 5.69 Å². The number of carbonyl (C=O) groups excluding carboxylic acids is 1. The summed E-state index contributed by atoms with van der Waals surface area (Å²) in [4.78, 5) is 19.1. The molecule has 2 atom stereocenters. The fourth-order valence-electron chi connectivity index (χ4n) is 4.80. The van der Waals surface area contributed by atoms with Crippen LogP contribution in [0.2, 0.25) is 5.02 Å². The lowest BCUT2D eigenvalue weighted by Gasteiger charge is -2.29. The predicted octanol–water partition coefficient (Wildman–Crippen LogP) is 6.91. The summed E-state index contributed by atoms with van der Waals surface area (Å²) in [6, 6.07) is 21.8. The summed E-state index contributed by atoms with van der Waals surface area (Å²) in [5.74, 6) is -0.111. The van der Waals surface area contributed by atoms with E-state index < -0.39 is 0 Å². The van der Waals surface area contributed by atoms with Gasteiger partial charge in [0, 0.05) is 46.1 Å². The number of pyridine rings is 1. The van der Waals surface area contributed by atoms with E-state index in [0.717, 1.165) is 44.6 Å². The molecule has 5 rings (SSSR count). The molecular weight excluding hydrogens is 514 g/mol. The van der Waals surface area contributed by atoms with Crippen molar-refractivity contribution in [1.82, 2.24) is 14.9 Å². The van der Waals surface area contributed by atoms with Crippen molar-refractivity contribution in [3.05, 3.63) is 107 Å². The van der Waals surface area contributed by atoms with Crippen molar-refractivity contribution in [3.63, 3.8) is 0 Å². The summed E-state index contributed by atoms with van der Waals surface area (Å²) in [5, 5.41) is 7.90. The molecule has 0 radical (unpaired) electrons. The number of aryl methyl sites for hydroxylation is 2. The first-order chi connectivity index (χ1) is 18.2. The summed E-state index contributed by atoms with van der Waals surface area (Å²) in [5.41, 5.74) is 6.69. The highest BCUT2D eigenvalue weighted by molar-refractivity contribution is 7.80. The van der Waals surface area contributed by atoms with Crippen LogP contribution in [0.4, 0.5) is 11.4 Å². The number of halogens is 1. The van der Waals surface area contributed by atoms with Gasteiger partial charge in [-0.3, -0.25) is 9.78 Å². The number of thiocarbonyl (C=S) groups is 1. The number of carbonyl (C=O) groups is 1. The average Bonchev–Trinajstić information content (AvgIpc) is 3.51. The van der Waals surface area contributed by atoms with Crippen LogP contribution in [0.15, 0.2) is 79.1 Å². The Morgan fingerprint density at radius 1 is 1.03 bits per heavy atom. The van der Waals surface area contributed by atoms with Crippen LogP contribution in [-0.2, 0) is 4.79 Å². The smallest absolute Gasteiger partial charge is 0.226 e. The summed E-state index contributed by atoms with van der Waals surface area (Å²) >= 11 is 12.3. The van der Waals surface area contributed by atoms with Crippen LogP contribution >= 0.6 is 23.8 Å². The number of benzene rings is 2. The number of hydrogen-bond donors (Lipinski definition) is 2. The standard InChI is InChI=1S/C30H30ClN5OS/c1-18(2)29(37)33-24-13-11-22(17-20(24)4)36-28(27(34-30(36)38)25-8-5-6-14-32-25)26-9-7-15-35(26)21-10-12-23(31)19(3)16-21/h5-18,27-28H,1-4H3,(H,33,37)(H,34,38)/t27-,28-/m0/s1. The Morgan fingerprint density at radius 2 is 1.79 bits per heavy atom. The second-order valence-corrected chi connectivity index (χ2v) is 10.7. The largest absolute Gasteiger partial charge is 0.351 e. The molecule has 1 aliphatic rings. The normalized spacial score (nSPS) is 17.1. The van der Waals surface area contributed by atoms with Gasteiger partial charge in [0.1, 0.15) is 6.04 Å². The van der Waals surface area contributed by atoms with Crippen molar-refractivity contribution >= 4 is 46.2 Å². The van der Waals surface area contributed by atoms with Gasteiger partial charge in [-0.2, -0.15) is 0 Å². The van der Waals surface area contributed by atoms with E-state index in [0.29, 0.717) is 5.11 Å². The van der Waals surface area contributed by atoms with Crippen molar-refractivity contribution in [2.45, 2.75) is 39.8 Å². The van der Waals surface area contributed by atoms with E-state index in [-0.39, 0.29) is 23.9 Å². The third kappa shape index (κ3) is 4.91. The molecular formula is C30H30ClN5OS. The minimum atomic E-state index is -0.182. The molecule has 194 valence electrons. The predicted molar refractivity (Wildman–Crippen MR) is 158 cm³/mol. The molecule has 1 amide bonds. The molecule has 1 fully saturated rings. The van der Waals surface area contributed by atoms with E-state index in [1.54, 1.807) is 6.20 Å². The Labute approximate surface area is 233 Å². The first-order valence-electron chi connectivity index (χ1n) is 12.6. The van der Waals surface area contributed by atoms with Crippen LogP contribution in [0.5, 0.6) is 0 Å². The highest BCUT2D eigenvalue weighted by Gasteiger charge is 2.42. The van der Waals surface area contributed by atoms with E-state index in [1.807, 2.05) is 76.2 Å². The summed E-state index contributed by atoms with van der Waals surface area (Å²) in [6.45, 7) is 7.77. The molecule has 0 unspecified atom stereocenters. The quantitative estimate of drug-likeness (QED) is 0.259. The van der Waals surface area contributed by atoms with Crippen LogP contribution in [-0.4, -0.2) is 20.6 Å². The van der Waals surface area contributed by atoms with Gasteiger partial charge in [0.05, 0.1) is 11.7 Å².